The van der Waals surface area contributed by atoms with Crippen molar-refractivity contribution in [1.82, 2.24) is 15.2 Å². The number of carbonyl (C=O) groups excluding carboxylic acids is 2. The number of likely N-dealkylation sites (tertiary alicyclic amines) is 1. The van der Waals surface area contributed by atoms with Gasteiger partial charge in [0.2, 0.25) is 5.91 Å². The number of aromatic nitrogens is 1. The number of halogens is 1. The molecule has 1 aliphatic carbocycles. The standard InChI is InChI=1S/C29H34FN3O3.2C2H6/c1-28(2,3)36-27(35)32-25(16-20-18-31-24-17-21(30)8-9-22(20)24)26(34)33-14-12-29(13-15-33)11-10-19-6-4-5-7-23(19)29;2*1-2/h4-9,17-18,25,31H,10-16H2,1-3H3,(H,32,35);2*1-2H3. The van der Waals surface area contributed by atoms with Crippen molar-refractivity contribution in [2.45, 2.75) is 97.6 Å². The Hall–Kier alpha value is -3.35. The summed E-state index contributed by atoms with van der Waals surface area (Å²) >= 11 is 0. The number of alkyl carbamates (subject to hydrolysis) is 1. The van der Waals surface area contributed by atoms with Crippen LogP contribution in [-0.4, -0.2) is 46.6 Å². The van der Waals surface area contributed by atoms with Gasteiger partial charge in [0.25, 0.3) is 0 Å². The van der Waals surface area contributed by atoms with Crippen LogP contribution in [0.15, 0.2) is 48.7 Å². The number of ether oxygens (including phenoxy) is 1. The third kappa shape index (κ3) is 7.04. The number of benzene rings is 2. The topological polar surface area (TPSA) is 74.4 Å². The number of aryl methyl sites for hydroxylation is 1. The maximum Gasteiger partial charge on any atom is 0.408 e. The van der Waals surface area contributed by atoms with Crippen LogP contribution in [0, 0.1) is 5.82 Å². The van der Waals surface area contributed by atoms with Gasteiger partial charge in [0.1, 0.15) is 17.5 Å². The van der Waals surface area contributed by atoms with Crippen molar-refractivity contribution in [3.8, 4) is 0 Å². The SMILES string of the molecule is CC.CC.CC(C)(C)OC(=O)NC(Cc1c[nH]c2cc(F)ccc12)C(=O)N1CCC2(CCc3ccccc32)CC1. The minimum Gasteiger partial charge on any atom is -0.444 e. The Kier molecular flexibility index (Phi) is 10.4. The molecule has 2 amide bonds. The molecule has 7 heteroatoms. The van der Waals surface area contributed by atoms with Crippen molar-refractivity contribution in [2.24, 2.45) is 0 Å². The molecule has 1 saturated heterocycles. The lowest BCUT2D eigenvalue weighted by molar-refractivity contribution is -0.135. The van der Waals surface area contributed by atoms with E-state index in [-0.39, 0.29) is 23.6 Å². The Balaban J connectivity index is 0.00000106. The second-order valence-corrected chi connectivity index (χ2v) is 11.2. The first kappa shape index (κ1) is 31.2. The predicted molar refractivity (Wildman–Crippen MR) is 160 cm³/mol. The zero-order valence-electron chi connectivity index (χ0n) is 25.2. The van der Waals surface area contributed by atoms with E-state index in [0.717, 1.165) is 36.6 Å². The molecule has 0 radical (unpaired) electrons. The average molecular weight is 552 g/mol. The van der Waals surface area contributed by atoms with E-state index in [1.54, 1.807) is 33.0 Å². The van der Waals surface area contributed by atoms with E-state index in [9.17, 15) is 14.0 Å². The number of fused-ring (bicyclic) bond motifs is 3. The highest BCUT2D eigenvalue weighted by atomic mass is 19.1. The van der Waals surface area contributed by atoms with Crippen LogP contribution < -0.4 is 5.32 Å². The molecule has 1 unspecified atom stereocenters. The van der Waals surface area contributed by atoms with E-state index in [1.165, 1.54) is 23.3 Å². The Labute approximate surface area is 238 Å². The lowest BCUT2D eigenvalue weighted by Gasteiger charge is -2.41. The molecule has 1 aromatic heterocycles. The first-order valence-corrected chi connectivity index (χ1v) is 14.8. The highest BCUT2D eigenvalue weighted by Gasteiger charge is 2.42. The highest BCUT2D eigenvalue weighted by molar-refractivity contribution is 5.88. The number of H-pyrrole nitrogens is 1. The molecule has 1 fully saturated rings. The lowest BCUT2D eigenvalue weighted by atomic mass is 9.74. The van der Waals surface area contributed by atoms with Crippen molar-refractivity contribution in [3.63, 3.8) is 0 Å². The summed E-state index contributed by atoms with van der Waals surface area (Å²) < 4.78 is 19.1. The first-order valence-electron chi connectivity index (χ1n) is 14.8. The average Bonchev–Trinajstić information content (AvgIpc) is 3.50. The van der Waals surface area contributed by atoms with Gasteiger partial charge in [0.15, 0.2) is 0 Å². The molecule has 218 valence electrons. The van der Waals surface area contributed by atoms with E-state index in [0.29, 0.717) is 18.6 Å². The maximum absolute atomic E-state index is 13.8. The van der Waals surface area contributed by atoms with Crippen molar-refractivity contribution in [1.29, 1.82) is 0 Å². The summed E-state index contributed by atoms with van der Waals surface area (Å²) in [5.41, 5.74) is 3.83. The molecule has 5 rings (SSSR count). The number of nitrogens with zero attached hydrogens (tertiary/aromatic N) is 1. The Morgan fingerprint density at radius 3 is 2.40 bits per heavy atom. The molecular formula is C33H46FN3O3. The molecule has 1 aliphatic heterocycles. The normalized spacial score (nSPS) is 16.2. The number of nitrogens with one attached hydrogen (secondary N) is 2. The van der Waals surface area contributed by atoms with Crippen molar-refractivity contribution in [3.05, 3.63) is 71.2 Å². The van der Waals surface area contributed by atoms with E-state index in [1.807, 2.05) is 32.6 Å². The zero-order valence-corrected chi connectivity index (χ0v) is 25.2. The first-order chi connectivity index (χ1) is 19.1. The second kappa shape index (κ2) is 13.3. The molecule has 2 aromatic carbocycles. The van der Waals surface area contributed by atoms with Gasteiger partial charge in [-0.15, -0.1) is 0 Å². The molecule has 2 N–H and O–H groups in total. The molecule has 0 saturated carbocycles. The van der Waals surface area contributed by atoms with Crippen molar-refractivity contribution < 1.29 is 18.7 Å². The van der Waals surface area contributed by atoms with Crippen molar-refractivity contribution in [2.75, 3.05) is 13.1 Å². The summed E-state index contributed by atoms with van der Waals surface area (Å²) in [6.07, 6.45) is 5.50. The predicted octanol–water partition coefficient (Wildman–Crippen LogP) is 7.30. The third-order valence-corrected chi connectivity index (χ3v) is 7.64. The monoisotopic (exact) mass is 551 g/mol. The number of amides is 2. The fourth-order valence-corrected chi connectivity index (χ4v) is 5.86. The Morgan fingerprint density at radius 1 is 1.05 bits per heavy atom. The summed E-state index contributed by atoms with van der Waals surface area (Å²) in [4.78, 5) is 31.4. The van der Waals surface area contributed by atoms with E-state index in [4.69, 9.17) is 4.74 Å². The van der Waals surface area contributed by atoms with E-state index >= 15 is 0 Å². The number of rotatable bonds is 4. The van der Waals surface area contributed by atoms with Crippen LogP contribution in [0.5, 0.6) is 0 Å². The molecule has 2 aliphatic rings. The van der Waals surface area contributed by atoms with E-state index < -0.39 is 17.7 Å². The van der Waals surface area contributed by atoms with Gasteiger partial charge in [-0.3, -0.25) is 4.79 Å². The number of aromatic amines is 1. The number of hydrogen-bond acceptors (Lipinski definition) is 3. The maximum atomic E-state index is 13.8. The van der Waals surface area contributed by atoms with Gasteiger partial charge in [0, 0.05) is 36.6 Å². The van der Waals surface area contributed by atoms with Crippen LogP contribution in [0.3, 0.4) is 0 Å². The highest BCUT2D eigenvalue weighted by Crippen LogP contribution is 2.46. The van der Waals surface area contributed by atoms with E-state index in [2.05, 4.69) is 34.6 Å². The van der Waals surface area contributed by atoms with Gasteiger partial charge in [0.05, 0.1) is 0 Å². The minimum atomic E-state index is -0.784. The molecule has 0 bridgehead atoms. The van der Waals surface area contributed by atoms with Crippen molar-refractivity contribution >= 4 is 22.9 Å². The van der Waals surface area contributed by atoms with Crippen LogP contribution in [0.2, 0.25) is 0 Å². The Bertz CT molecular complexity index is 1290. The second-order valence-electron chi connectivity index (χ2n) is 11.2. The molecular weight excluding hydrogens is 505 g/mol. The molecule has 2 heterocycles. The minimum absolute atomic E-state index is 0.113. The molecule has 1 spiro atoms. The number of hydrogen-bond donors (Lipinski definition) is 2. The van der Waals surface area contributed by atoms with Crippen LogP contribution in [0.25, 0.3) is 10.9 Å². The molecule has 3 aromatic rings. The zero-order chi connectivity index (χ0) is 29.5. The lowest BCUT2D eigenvalue weighted by Crippen LogP contribution is -2.54. The van der Waals surface area contributed by atoms with Gasteiger partial charge in [-0.1, -0.05) is 52.0 Å². The summed E-state index contributed by atoms with van der Waals surface area (Å²) in [6, 6.07) is 12.4. The van der Waals surface area contributed by atoms with Gasteiger partial charge in [-0.2, -0.15) is 0 Å². The van der Waals surface area contributed by atoms with Crippen LogP contribution >= 0.6 is 0 Å². The summed E-state index contributed by atoms with van der Waals surface area (Å²) in [5.74, 6) is -0.440. The van der Waals surface area contributed by atoms with Gasteiger partial charge >= 0.3 is 6.09 Å². The van der Waals surface area contributed by atoms with Gasteiger partial charge < -0.3 is 19.9 Å². The fraction of sp³-hybridized carbons (Fsp3) is 0.515. The smallest absolute Gasteiger partial charge is 0.408 e. The third-order valence-electron chi connectivity index (χ3n) is 7.64. The van der Waals surface area contributed by atoms with Gasteiger partial charge in [-0.05, 0) is 86.8 Å². The number of carbonyl (C=O) groups is 2. The van der Waals surface area contributed by atoms with Crippen LogP contribution in [0.1, 0.15) is 84.4 Å². The Morgan fingerprint density at radius 2 is 1.73 bits per heavy atom. The van der Waals surface area contributed by atoms with Gasteiger partial charge in [-0.25, -0.2) is 9.18 Å². The summed E-state index contributed by atoms with van der Waals surface area (Å²) in [6.45, 7) is 14.7. The molecule has 1 atom stereocenters. The molecule has 40 heavy (non-hydrogen) atoms. The summed E-state index contributed by atoms with van der Waals surface area (Å²) in [7, 11) is 0. The molecule has 6 nitrogen and oxygen atoms in total. The van der Waals surface area contributed by atoms with Crippen LogP contribution in [0.4, 0.5) is 9.18 Å². The van der Waals surface area contributed by atoms with Crippen LogP contribution in [-0.2, 0) is 27.8 Å². The quantitative estimate of drug-likeness (QED) is 0.357. The number of piperidine rings is 1. The largest absolute Gasteiger partial charge is 0.444 e. The fourth-order valence-electron chi connectivity index (χ4n) is 5.86. The summed E-state index contributed by atoms with van der Waals surface area (Å²) in [5, 5.41) is 3.66.